The van der Waals surface area contributed by atoms with Crippen LogP contribution in [-0.2, 0) is 4.79 Å². The molecule has 3 heterocycles. The minimum absolute atomic E-state index is 0.0590. The van der Waals surface area contributed by atoms with Crippen LogP contribution in [0.25, 0.3) is 11.3 Å². The summed E-state index contributed by atoms with van der Waals surface area (Å²) in [4.78, 5) is 19.5. The summed E-state index contributed by atoms with van der Waals surface area (Å²) in [5.41, 5.74) is 11.4. The van der Waals surface area contributed by atoms with E-state index in [-0.39, 0.29) is 11.8 Å². The Labute approximate surface area is 164 Å². The molecule has 0 aliphatic carbocycles. The normalized spacial score (nSPS) is 26.2. The predicted octanol–water partition coefficient (Wildman–Crippen LogP) is 2.72. The first-order valence-electron chi connectivity index (χ1n) is 9.70. The predicted molar refractivity (Wildman–Crippen MR) is 109 cm³/mol. The van der Waals surface area contributed by atoms with E-state index in [4.69, 9.17) is 0 Å². The fourth-order valence-electron chi connectivity index (χ4n) is 4.00. The van der Waals surface area contributed by atoms with Crippen molar-refractivity contribution in [3.8, 4) is 11.3 Å². The van der Waals surface area contributed by atoms with Gasteiger partial charge >= 0.3 is 0 Å². The highest BCUT2D eigenvalue weighted by Crippen LogP contribution is 2.23. The molecule has 2 saturated heterocycles. The van der Waals surface area contributed by atoms with Crippen LogP contribution in [-0.4, -0.2) is 47.5 Å². The first kappa shape index (κ1) is 18.6. The lowest BCUT2D eigenvalue weighted by atomic mass is 9.96. The molecular weight excluding hydrogens is 358 g/mol. The second-order valence-corrected chi connectivity index (χ2v) is 8.38. The number of hydrazine groups is 1. The highest BCUT2D eigenvalue weighted by Gasteiger charge is 2.29. The van der Waals surface area contributed by atoms with E-state index in [2.05, 4.69) is 33.0 Å². The molecule has 2 aromatic rings. The van der Waals surface area contributed by atoms with Gasteiger partial charge in [0.1, 0.15) is 0 Å². The average Bonchev–Trinajstić information content (AvgIpc) is 3.35. The van der Waals surface area contributed by atoms with Crippen LogP contribution in [0.4, 0.5) is 5.69 Å². The van der Waals surface area contributed by atoms with Gasteiger partial charge in [-0.1, -0.05) is 12.1 Å². The summed E-state index contributed by atoms with van der Waals surface area (Å²) in [5.74, 6) is 0.190. The summed E-state index contributed by atoms with van der Waals surface area (Å²) in [6.07, 6.45) is 3.18. The molecule has 3 N–H and O–H groups in total. The van der Waals surface area contributed by atoms with Crippen molar-refractivity contribution in [3.05, 3.63) is 35.2 Å². The van der Waals surface area contributed by atoms with Gasteiger partial charge in [0.15, 0.2) is 0 Å². The Morgan fingerprint density at radius 2 is 2.19 bits per heavy atom. The molecule has 2 fully saturated rings. The van der Waals surface area contributed by atoms with Crippen molar-refractivity contribution in [2.75, 3.05) is 25.0 Å². The van der Waals surface area contributed by atoms with Gasteiger partial charge in [0.25, 0.3) is 0 Å². The van der Waals surface area contributed by atoms with Crippen molar-refractivity contribution in [1.29, 1.82) is 0 Å². The van der Waals surface area contributed by atoms with E-state index in [1.807, 2.05) is 35.2 Å². The quantitative estimate of drug-likeness (QED) is 0.738. The first-order chi connectivity index (χ1) is 13.2. The van der Waals surface area contributed by atoms with E-state index in [0.29, 0.717) is 12.1 Å². The van der Waals surface area contributed by atoms with Gasteiger partial charge in [-0.2, -0.15) is 0 Å². The standard InChI is InChI=1S/C20H27N5OS/c1-14-9-18(24-23-14)11-25-8-2-3-16(10-25)20(26)22-17-6-4-15(5-7-17)19-12-27-13-21-19/h4-7,12-14,16,18,23-24H,2-3,8-11H2,1H3,(H,22,26). The molecule has 0 spiro atoms. The fraction of sp³-hybridized carbons (Fsp3) is 0.500. The molecular formula is C20H27N5OS. The van der Waals surface area contributed by atoms with Gasteiger partial charge in [-0.15, -0.1) is 11.3 Å². The van der Waals surface area contributed by atoms with Crippen molar-refractivity contribution in [1.82, 2.24) is 20.7 Å². The number of nitrogens with zero attached hydrogens (tertiary/aromatic N) is 2. The van der Waals surface area contributed by atoms with Gasteiger partial charge < -0.3 is 10.2 Å². The number of anilines is 1. The summed E-state index contributed by atoms with van der Waals surface area (Å²) in [6.45, 7) is 5.12. The molecule has 2 aliphatic rings. The number of hydrogen-bond acceptors (Lipinski definition) is 6. The van der Waals surface area contributed by atoms with Crippen molar-refractivity contribution in [2.45, 2.75) is 38.3 Å². The van der Waals surface area contributed by atoms with Crippen LogP contribution < -0.4 is 16.2 Å². The Morgan fingerprint density at radius 3 is 2.89 bits per heavy atom. The number of carbonyl (C=O) groups is 1. The summed E-state index contributed by atoms with van der Waals surface area (Å²) in [7, 11) is 0. The van der Waals surface area contributed by atoms with Crippen LogP contribution in [0.3, 0.4) is 0 Å². The van der Waals surface area contributed by atoms with Gasteiger partial charge in [0.2, 0.25) is 5.91 Å². The molecule has 0 saturated carbocycles. The number of amides is 1. The van der Waals surface area contributed by atoms with Crippen LogP contribution in [0.2, 0.25) is 0 Å². The van der Waals surface area contributed by atoms with Crippen LogP contribution in [0, 0.1) is 5.92 Å². The Bertz CT molecular complexity index is 748. The van der Waals surface area contributed by atoms with Crippen molar-refractivity contribution < 1.29 is 4.79 Å². The molecule has 1 amide bonds. The number of rotatable bonds is 5. The third-order valence-corrected chi connectivity index (χ3v) is 5.99. The zero-order valence-corrected chi connectivity index (χ0v) is 16.5. The highest BCUT2D eigenvalue weighted by molar-refractivity contribution is 7.07. The first-order valence-corrected chi connectivity index (χ1v) is 10.6. The lowest BCUT2D eigenvalue weighted by molar-refractivity contribution is -0.121. The number of piperidine rings is 1. The lowest BCUT2D eigenvalue weighted by Gasteiger charge is -2.33. The third-order valence-electron chi connectivity index (χ3n) is 5.41. The molecule has 3 atom stereocenters. The SMILES string of the molecule is CC1CC(CN2CCCC(C(=O)Nc3ccc(-c4cscn4)cc3)C2)NN1. The summed E-state index contributed by atoms with van der Waals surface area (Å²) < 4.78 is 0. The maximum Gasteiger partial charge on any atom is 0.228 e. The van der Waals surface area contributed by atoms with Gasteiger partial charge in [0, 0.05) is 41.8 Å². The summed E-state index contributed by atoms with van der Waals surface area (Å²) >= 11 is 1.59. The van der Waals surface area contributed by atoms with Crippen LogP contribution in [0.1, 0.15) is 26.2 Å². The van der Waals surface area contributed by atoms with E-state index in [1.54, 1.807) is 11.3 Å². The van der Waals surface area contributed by atoms with Gasteiger partial charge in [0.05, 0.1) is 17.1 Å². The number of nitrogens with one attached hydrogen (secondary N) is 3. The lowest BCUT2D eigenvalue weighted by Crippen LogP contribution is -2.46. The second-order valence-electron chi connectivity index (χ2n) is 7.66. The Balaban J connectivity index is 1.31. The number of hydrogen-bond donors (Lipinski definition) is 3. The third kappa shape index (κ3) is 4.73. The summed E-state index contributed by atoms with van der Waals surface area (Å²) in [5, 5.41) is 5.12. The molecule has 1 aromatic heterocycles. The van der Waals surface area contributed by atoms with Crippen molar-refractivity contribution in [3.63, 3.8) is 0 Å². The fourth-order valence-corrected chi connectivity index (χ4v) is 4.56. The van der Waals surface area contributed by atoms with E-state index in [9.17, 15) is 4.79 Å². The van der Waals surface area contributed by atoms with Crippen molar-refractivity contribution in [2.24, 2.45) is 5.92 Å². The maximum absolute atomic E-state index is 12.7. The molecule has 4 rings (SSSR count). The zero-order valence-electron chi connectivity index (χ0n) is 15.6. The number of aromatic nitrogens is 1. The van der Waals surface area contributed by atoms with E-state index in [0.717, 1.165) is 55.8 Å². The second kappa shape index (κ2) is 8.48. The van der Waals surface area contributed by atoms with Gasteiger partial charge in [-0.25, -0.2) is 4.98 Å². The van der Waals surface area contributed by atoms with Crippen molar-refractivity contribution >= 4 is 22.9 Å². The molecule has 27 heavy (non-hydrogen) atoms. The minimum Gasteiger partial charge on any atom is -0.326 e. The van der Waals surface area contributed by atoms with E-state index >= 15 is 0 Å². The molecule has 7 heteroatoms. The minimum atomic E-state index is 0.0590. The van der Waals surface area contributed by atoms with Gasteiger partial charge in [-0.05, 0) is 44.9 Å². The maximum atomic E-state index is 12.7. The molecule has 0 bridgehead atoms. The molecule has 6 nitrogen and oxygen atoms in total. The number of likely N-dealkylation sites (tertiary alicyclic amines) is 1. The topological polar surface area (TPSA) is 69.3 Å². The Hall–Kier alpha value is -1.80. The van der Waals surface area contributed by atoms with Crippen LogP contribution in [0.15, 0.2) is 35.2 Å². The monoisotopic (exact) mass is 385 g/mol. The highest BCUT2D eigenvalue weighted by atomic mass is 32.1. The van der Waals surface area contributed by atoms with E-state index < -0.39 is 0 Å². The number of carbonyl (C=O) groups excluding carboxylic acids is 1. The largest absolute Gasteiger partial charge is 0.326 e. The average molecular weight is 386 g/mol. The smallest absolute Gasteiger partial charge is 0.228 e. The number of thiazole rings is 1. The molecule has 144 valence electrons. The molecule has 1 aromatic carbocycles. The Kier molecular flexibility index (Phi) is 5.83. The molecule has 3 unspecified atom stereocenters. The summed E-state index contributed by atoms with van der Waals surface area (Å²) in [6, 6.07) is 8.94. The number of benzene rings is 1. The van der Waals surface area contributed by atoms with Crippen LogP contribution in [0.5, 0.6) is 0 Å². The van der Waals surface area contributed by atoms with Crippen LogP contribution >= 0.6 is 11.3 Å². The molecule has 2 aliphatic heterocycles. The van der Waals surface area contributed by atoms with Gasteiger partial charge in [-0.3, -0.25) is 15.6 Å². The van der Waals surface area contributed by atoms with E-state index in [1.165, 1.54) is 0 Å². The molecule has 0 radical (unpaired) electrons. The zero-order chi connectivity index (χ0) is 18.6. The Morgan fingerprint density at radius 1 is 1.33 bits per heavy atom.